The third kappa shape index (κ3) is 2.82. The molecule has 7 heteroatoms. The molecule has 0 unspecified atom stereocenters. The molecular formula is C14H19N5O2. The van der Waals surface area contributed by atoms with Crippen LogP contribution in [0.4, 0.5) is 10.5 Å². The number of carbonyl (C=O) groups excluding carboxylic acids is 1. The fourth-order valence-corrected chi connectivity index (χ4v) is 2.74. The Morgan fingerprint density at radius 3 is 3.10 bits per heavy atom. The Bertz CT molecular complexity index is 648. The van der Waals surface area contributed by atoms with Crippen LogP contribution in [0.3, 0.4) is 0 Å². The molecule has 112 valence electrons. The number of urea groups is 1. The number of aliphatic hydroxyl groups excluding tert-OH is 1. The number of amides is 2. The Hall–Kier alpha value is -2.15. The van der Waals surface area contributed by atoms with Gasteiger partial charge in [-0.1, -0.05) is 0 Å². The Morgan fingerprint density at radius 1 is 1.52 bits per heavy atom. The van der Waals surface area contributed by atoms with Gasteiger partial charge in [0.15, 0.2) is 5.65 Å². The smallest absolute Gasteiger partial charge is 0.319 e. The number of anilines is 1. The van der Waals surface area contributed by atoms with Crippen LogP contribution in [-0.2, 0) is 0 Å². The molecule has 1 fully saturated rings. The highest BCUT2D eigenvalue weighted by atomic mass is 16.3. The van der Waals surface area contributed by atoms with Gasteiger partial charge in [0.1, 0.15) is 6.33 Å². The number of hydrogen-bond donors (Lipinski definition) is 3. The van der Waals surface area contributed by atoms with Crippen LogP contribution in [0.15, 0.2) is 18.6 Å². The number of hydrogen-bond acceptors (Lipinski definition) is 4. The maximum atomic E-state index is 12.1. The minimum absolute atomic E-state index is 0.194. The molecule has 1 aliphatic carbocycles. The molecule has 0 saturated heterocycles. The minimum Gasteiger partial charge on any atom is -0.396 e. The highest BCUT2D eigenvalue weighted by Gasteiger charge is 2.29. The monoisotopic (exact) mass is 289 g/mol. The molecule has 7 nitrogen and oxygen atoms in total. The lowest BCUT2D eigenvalue weighted by Crippen LogP contribution is -2.46. The molecule has 0 aliphatic heterocycles. The predicted octanol–water partition coefficient (Wildman–Crippen LogP) is 1.32. The Balaban J connectivity index is 1.62. The number of rotatable bonds is 4. The van der Waals surface area contributed by atoms with Gasteiger partial charge in [0, 0.05) is 18.8 Å². The summed E-state index contributed by atoms with van der Waals surface area (Å²) in [6.45, 7) is 2.14. The number of fused-ring (bicyclic) bond motifs is 1. The number of aromatic nitrogens is 3. The fraction of sp³-hybridized carbons (Fsp3) is 0.500. The van der Waals surface area contributed by atoms with Gasteiger partial charge in [0.25, 0.3) is 0 Å². The number of aliphatic hydroxyl groups is 1. The Morgan fingerprint density at radius 2 is 2.33 bits per heavy atom. The summed E-state index contributed by atoms with van der Waals surface area (Å²) in [6.07, 6.45) is 5.96. The van der Waals surface area contributed by atoms with E-state index < -0.39 is 0 Å². The number of aryl methyl sites for hydroxylation is 1. The van der Waals surface area contributed by atoms with Crippen molar-refractivity contribution in [2.45, 2.75) is 32.2 Å². The summed E-state index contributed by atoms with van der Waals surface area (Å²) in [5, 5.41) is 18.7. The number of nitrogens with one attached hydrogen (secondary N) is 2. The summed E-state index contributed by atoms with van der Waals surface area (Å²) in [4.78, 5) is 16.2. The molecule has 3 rings (SSSR count). The van der Waals surface area contributed by atoms with Gasteiger partial charge in [0.05, 0.1) is 5.69 Å². The van der Waals surface area contributed by atoms with Crippen molar-refractivity contribution in [2.75, 3.05) is 11.9 Å². The van der Waals surface area contributed by atoms with Gasteiger partial charge in [-0.15, -0.1) is 0 Å². The van der Waals surface area contributed by atoms with Crippen molar-refractivity contribution in [3.63, 3.8) is 0 Å². The van der Waals surface area contributed by atoms with Crippen molar-refractivity contribution in [3.8, 4) is 0 Å². The molecule has 0 bridgehead atoms. The van der Waals surface area contributed by atoms with E-state index in [-0.39, 0.29) is 18.7 Å². The van der Waals surface area contributed by atoms with Crippen LogP contribution in [0, 0.1) is 12.8 Å². The Labute approximate surface area is 122 Å². The zero-order chi connectivity index (χ0) is 14.8. The molecule has 0 atom stereocenters. The van der Waals surface area contributed by atoms with E-state index in [9.17, 15) is 4.79 Å². The van der Waals surface area contributed by atoms with Crippen molar-refractivity contribution in [1.29, 1.82) is 0 Å². The first-order valence-corrected chi connectivity index (χ1v) is 7.14. The van der Waals surface area contributed by atoms with Crippen LogP contribution in [0.25, 0.3) is 5.65 Å². The summed E-state index contributed by atoms with van der Waals surface area (Å²) in [7, 11) is 0. The standard InChI is InChI=1S/C14H19N5O2/c1-9-2-4-19-13(15-8-16-19)12(9)18-14(21)17-11-6-10(7-11)3-5-20/h2,4,8,10-11,20H,3,5-7H2,1H3,(H2,17,18,21). The molecule has 0 radical (unpaired) electrons. The second-order valence-corrected chi connectivity index (χ2v) is 5.55. The number of carbonyl (C=O) groups is 1. The van der Waals surface area contributed by atoms with Crippen molar-refractivity contribution < 1.29 is 9.90 Å². The quantitative estimate of drug-likeness (QED) is 0.791. The van der Waals surface area contributed by atoms with Gasteiger partial charge in [0.2, 0.25) is 0 Å². The van der Waals surface area contributed by atoms with Crippen molar-refractivity contribution >= 4 is 17.4 Å². The van der Waals surface area contributed by atoms with Crippen molar-refractivity contribution in [3.05, 3.63) is 24.2 Å². The molecule has 2 heterocycles. The molecule has 2 amide bonds. The van der Waals surface area contributed by atoms with Crippen molar-refractivity contribution in [2.24, 2.45) is 5.92 Å². The first-order chi connectivity index (χ1) is 10.2. The van der Waals surface area contributed by atoms with Crippen LogP contribution in [0.2, 0.25) is 0 Å². The molecule has 1 saturated carbocycles. The van der Waals surface area contributed by atoms with Crippen LogP contribution in [-0.4, -0.2) is 38.4 Å². The third-order valence-corrected chi connectivity index (χ3v) is 4.00. The largest absolute Gasteiger partial charge is 0.396 e. The lowest BCUT2D eigenvalue weighted by molar-refractivity contribution is 0.169. The van der Waals surface area contributed by atoms with E-state index >= 15 is 0 Å². The lowest BCUT2D eigenvalue weighted by Gasteiger charge is -2.35. The van der Waals surface area contributed by atoms with E-state index in [2.05, 4.69) is 20.7 Å². The maximum absolute atomic E-state index is 12.1. The second-order valence-electron chi connectivity index (χ2n) is 5.55. The topological polar surface area (TPSA) is 91.5 Å². The van der Waals surface area contributed by atoms with Crippen LogP contribution >= 0.6 is 0 Å². The van der Waals surface area contributed by atoms with Gasteiger partial charge in [-0.3, -0.25) is 0 Å². The molecule has 0 aromatic carbocycles. The summed E-state index contributed by atoms with van der Waals surface area (Å²) in [5.74, 6) is 0.530. The van der Waals surface area contributed by atoms with Gasteiger partial charge in [-0.05, 0) is 43.7 Å². The summed E-state index contributed by atoms with van der Waals surface area (Å²) in [5.41, 5.74) is 2.26. The van der Waals surface area contributed by atoms with Crippen molar-refractivity contribution in [1.82, 2.24) is 19.9 Å². The first-order valence-electron chi connectivity index (χ1n) is 7.14. The second kappa shape index (κ2) is 5.69. The average molecular weight is 289 g/mol. The van der Waals surface area contributed by atoms with Crippen LogP contribution < -0.4 is 10.6 Å². The predicted molar refractivity (Wildman–Crippen MR) is 78.1 cm³/mol. The van der Waals surface area contributed by atoms with Crippen LogP contribution in [0.5, 0.6) is 0 Å². The number of nitrogens with zero attached hydrogens (tertiary/aromatic N) is 3. The summed E-state index contributed by atoms with van der Waals surface area (Å²) >= 11 is 0. The van der Waals surface area contributed by atoms with E-state index in [1.165, 1.54) is 6.33 Å². The lowest BCUT2D eigenvalue weighted by atomic mass is 9.78. The van der Waals surface area contributed by atoms with E-state index in [1.54, 1.807) is 4.52 Å². The molecule has 0 spiro atoms. The van der Waals surface area contributed by atoms with Crippen LogP contribution in [0.1, 0.15) is 24.8 Å². The van der Waals surface area contributed by atoms with Gasteiger partial charge < -0.3 is 15.7 Å². The minimum atomic E-state index is -0.221. The first kappa shape index (κ1) is 13.8. The molecular weight excluding hydrogens is 270 g/mol. The Kier molecular flexibility index (Phi) is 3.74. The van der Waals surface area contributed by atoms with Gasteiger partial charge in [-0.2, -0.15) is 5.10 Å². The summed E-state index contributed by atoms with van der Waals surface area (Å²) < 4.78 is 1.63. The van der Waals surface area contributed by atoms with E-state index in [0.717, 1.165) is 24.8 Å². The molecule has 3 N–H and O–H groups in total. The highest BCUT2D eigenvalue weighted by molar-refractivity contribution is 5.94. The SMILES string of the molecule is Cc1ccn2ncnc2c1NC(=O)NC1CC(CCO)C1. The van der Waals surface area contributed by atoms with E-state index in [4.69, 9.17) is 5.11 Å². The van der Waals surface area contributed by atoms with Gasteiger partial charge in [-0.25, -0.2) is 14.3 Å². The van der Waals surface area contributed by atoms with E-state index in [0.29, 0.717) is 17.3 Å². The molecule has 2 aromatic rings. The van der Waals surface area contributed by atoms with Gasteiger partial charge >= 0.3 is 6.03 Å². The fourth-order valence-electron chi connectivity index (χ4n) is 2.74. The molecule has 21 heavy (non-hydrogen) atoms. The maximum Gasteiger partial charge on any atom is 0.319 e. The zero-order valence-electron chi connectivity index (χ0n) is 11.9. The number of pyridine rings is 1. The summed E-state index contributed by atoms with van der Waals surface area (Å²) in [6, 6.07) is 1.86. The third-order valence-electron chi connectivity index (χ3n) is 4.00. The molecule has 1 aliphatic rings. The highest BCUT2D eigenvalue weighted by Crippen LogP contribution is 2.30. The zero-order valence-corrected chi connectivity index (χ0v) is 11.9. The van der Waals surface area contributed by atoms with E-state index in [1.807, 2.05) is 19.2 Å². The average Bonchev–Trinajstić information content (AvgIpc) is 2.88. The normalized spacial score (nSPS) is 21.0. The molecule has 2 aromatic heterocycles.